The molecule has 1 amide bonds. The van der Waals surface area contributed by atoms with Gasteiger partial charge in [0.2, 0.25) is 0 Å². The number of amides is 1. The predicted molar refractivity (Wildman–Crippen MR) is 221 cm³/mol. The van der Waals surface area contributed by atoms with Gasteiger partial charge in [-0.1, -0.05) is 80.8 Å². The predicted octanol–water partition coefficient (Wildman–Crippen LogP) is 9.77. The summed E-state index contributed by atoms with van der Waals surface area (Å²) in [6.45, 7) is 24.5. The standard InChI is InChI=1S/C48H68ClNO7/c1-26(2)37-32(51)24-48(35(52)25-50-39(53)28-12-13-31(49)27(3)22-28)21-20-47(11)45(9)18-14-33-43(6,7)36(57-41(56)30-23-29(40(54)55)42(30,4)5)16-17-44(33,8)34(45)15-19-46(47,10)38(37)48/h12-13,22,26,29-30,33-36,52H,14-21,23-25H2,1-11H3,(H,50,53)(H,54,55)/t29-,30+,33-,34+,35-,36-,44-,45+,46+,47-,48?/m0/s1. The van der Waals surface area contributed by atoms with Crippen molar-refractivity contribution in [2.24, 2.45) is 67.5 Å². The minimum atomic E-state index is -0.912. The number of halogens is 1. The number of esters is 1. The van der Waals surface area contributed by atoms with Gasteiger partial charge in [-0.25, -0.2) is 0 Å². The maximum atomic E-state index is 14.2. The zero-order valence-electron chi connectivity index (χ0n) is 36.4. The Morgan fingerprint density at radius 1 is 0.895 bits per heavy atom. The van der Waals surface area contributed by atoms with Gasteiger partial charge < -0.3 is 20.3 Å². The van der Waals surface area contributed by atoms with Gasteiger partial charge in [0.1, 0.15) is 6.10 Å². The van der Waals surface area contributed by atoms with Crippen LogP contribution in [0.3, 0.4) is 0 Å². The molecule has 0 aromatic heterocycles. The molecule has 7 rings (SSSR count). The van der Waals surface area contributed by atoms with E-state index in [0.29, 0.717) is 35.3 Å². The number of aliphatic hydroxyl groups excluding tert-OH is 1. The van der Waals surface area contributed by atoms with E-state index in [2.05, 4.69) is 60.7 Å². The Bertz CT molecular complexity index is 1920. The summed E-state index contributed by atoms with van der Waals surface area (Å²) < 4.78 is 6.42. The topological polar surface area (TPSA) is 130 Å². The minimum absolute atomic E-state index is 0.0190. The Morgan fingerprint density at radius 3 is 2.18 bits per heavy atom. The van der Waals surface area contributed by atoms with Crippen LogP contribution in [0.2, 0.25) is 5.02 Å². The summed E-state index contributed by atoms with van der Waals surface area (Å²) in [4.78, 5) is 53.0. The normalized spacial score (nSPS) is 40.9. The highest BCUT2D eigenvalue weighted by Crippen LogP contribution is 2.80. The summed E-state index contributed by atoms with van der Waals surface area (Å²) in [5.74, 6) is -1.34. The lowest BCUT2D eigenvalue weighted by atomic mass is 9.29. The summed E-state index contributed by atoms with van der Waals surface area (Å²) in [6, 6.07) is 5.18. The fourth-order valence-electron chi connectivity index (χ4n) is 15.1. The van der Waals surface area contributed by atoms with Gasteiger partial charge in [-0.15, -0.1) is 0 Å². The molecule has 1 unspecified atom stereocenters. The molecular weight excluding hydrogens is 738 g/mol. The van der Waals surface area contributed by atoms with Gasteiger partial charge in [-0.3, -0.25) is 19.2 Å². The third kappa shape index (κ3) is 5.81. The molecule has 1 aromatic rings. The molecule has 6 aliphatic rings. The number of rotatable bonds is 8. The van der Waals surface area contributed by atoms with Crippen molar-refractivity contribution < 1.29 is 34.1 Å². The van der Waals surface area contributed by atoms with E-state index >= 15 is 0 Å². The van der Waals surface area contributed by atoms with Gasteiger partial charge in [0.15, 0.2) is 5.78 Å². The average Bonchev–Trinajstić information content (AvgIpc) is 3.44. The second-order valence-corrected chi connectivity index (χ2v) is 22.4. The molecule has 0 bridgehead atoms. The van der Waals surface area contributed by atoms with Crippen molar-refractivity contribution in [2.45, 2.75) is 153 Å². The Hall–Kier alpha value is -2.71. The van der Waals surface area contributed by atoms with E-state index in [9.17, 15) is 29.4 Å². The van der Waals surface area contributed by atoms with Crippen LogP contribution in [0.4, 0.5) is 0 Å². The minimum Gasteiger partial charge on any atom is -0.481 e. The molecule has 57 heavy (non-hydrogen) atoms. The summed E-state index contributed by atoms with van der Waals surface area (Å²) in [6.07, 6.45) is 6.82. The van der Waals surface area contributed by atoms with Gasteiger partial charge in [-0.05, 0) is 144 Å². The van der Waals surface area contributed by atoms with Gasteiger partial charge in [-0.2, -0.15) is 0 Å². The molecule has 0 aliphatic heterocycles. The monoisotopic (exact) mass is 805 g/mol. The number of carbonyl (C=O) groups is 4. The quantitative estimate of drug-likeness (QED) is 0.223. The molecule has 1 aromatic carbocycles. The molecule has 9 heteroatoms. The summed E-state index contributed by atoms with van der Waals surface area (Å²) >= 11 is 6.23. The van der Waals surface area contributed by atoms with E-state index in [-0.39, 0.29) is 69.7 Å². The highest BCUT2D eigenvalue weighted by atomic mass is 35.5. The molecule has 8 nitrogen and oxygen atoms in total. The van der Waals surface area contributed by atoms with Crippen LogP contribution < -0.4 is 5.32 Å². The summed E-state index contributed by atoms with van der Waals surface area (Å²) in [5.41, 5.74) is 1.28. The number of allylic oxidation sites excluding steroid dienone is 1. The van der Waals surface area contributed by atoms with Crippen LogP contribution in [-0.4, -0.2) is 52.6 Å². The Labute approximate surface area is 345 Å². The summed E-state index contributed by atoms with van der Waals surface area (Å²) in [5, 5.41) is 25.6. The number of benzene rings is 1. The Morgan fingerprint density at radius 2 is 1.56 bits per heavy atom. The number of carbonyl (C=O) groups excluding carboxylic acids is 3. The van der Waals surface area contributed by atoms with Crippen molar-refractivity contribution in [1.82, 2.24) is 5.32 Å². The first kappa shape index (κ1) is 42.4. The van der Waals surface area contributed by atoms with E-state index in [1.807, 2.05) is 20.8 Å². The number of hydrogen-bond acceptors (Lipinski definition) is 6. The third-order valence-electron chi connectivity index (χ3n) is 18.8. The molecule has 0 heterocycles. The number of carboxylic acid groups (broad SMARTS) is 1. The number of aliphatic carboxylic acids is 1. The molecular formula is C48H68ClNO7. The molecule has 3 N–H and O–H groups in total. The zero-order valence-corrected chi connectivity index (χ0v) is 37.1. The molecule has 0 spiro atoms. The SMILES string of the molecule is Cc1cc(C(=O)NC[C@H](O)C23CC[C@]4(C)[C@](C)(CC[C@@H]5[C@@]6(C)CC[C@H](OC(=O)[C@H]7C[C@@H](C(=O)O)C7(C)C)C(C)(C)[C@@H]6CC[C@]54C)C2=C(C(C)C)C(=O)C3)ccc1Cl. The van der Waals surface area contributed by atoms with Crippen LogP contribution in [0, 0.1) is 74.4 Å². The molecule has 0 radical (unpaired) electrons. The zero-order chi connectivity index (χ0) is 42.1. The molecule has 5 saturated carbocycles. The van der Waals surface area contributed by atoms with E-state index in [0.717, 1.165) is 56.1 Å². The Balaban J connectivity index is 1.16. The largest absolute Gasteiger partial charge is 0.481 e. The first-order valence-electron chi connectivity index (χ1n) is 21.8. The maximum absolute atomic E-state index is 14.2. The molecule has 6 aliphatic carbocycles. The maximum Gasteiger partial charge on any atom is 0.309 e. The van der Waals surface area contributed by atoms with Crippen LogP contribution in [0.25, 0.3) is 0 Å². The van der Waals surface area contributed by atoms with Crippen molar-refractivity contribution in [3.63, 3.8) is 0 Å². The van der Waals surface area contributed by atoms with Crippen molar-refractivity contribution in [2.75, 3.05) is 6.54 Å². The number of hydrogen-bond donors (Lipinski definition) is 3. The Kier molecular flexibility index (Phi) is 10.2. The number of aryl methyl sites for hydroxylation is 1. The average molecular weight is 807 g/mol. The third-order valence-corrected chi connectivity index (χ3v) is 19.2. The molecule has 5 fully saturated rings. The van der Waals surface area contributed by atoms with Gasteiger partial charge in [0.05, 0.1) is 17.9 Å². The first-order valence-corrected chi connectivity index (χ1v) is 22.2. The van der Waals surface area contributed by atoms with E-state index in [1.165, 1.54) is 5.57 Å². The second-order valence-electron chi connectivity index (χ2n) is 21.9. The van der Waals surface area contributed by atoms with Crippen LogP contribution in [0.5, 0.6) is 0 Å². The number of carboxylic acids is 1. The fraction of sp³-hybridized carbons (Fsp3) is 0.750. The fourth-order valence-corrected chi connectivity index (χ4v) is 15.2. The highest BCUT2D eigenvalue weighted by molar-refractivity contribution is 6.31. The second kappa shape index (κ2) is 13.7. The van der Waals surface area contributed by atoms with E-state index in [1.54, 1.807) is 18.2 Å². The van der Waals surface area contributed by atoms with Crippen LogP contribution in [0.15, 0.2) is 29.3 Å². The van der Waals surface area contributed by atoms with E-state index in [4.69, 9.17) is 16.3 Å². The molecule has 0 saturated heterocycles. The lowest BCUT2D eigenvalue weighted by Crippen LogP contribution is -2.69. The lowest BCUT2D eigenvalue weighted by molar-refractivity contribution is -0.253. The van der Waals surface area contributed by atoms with Crippen LogP contribution >= 0.6 is 11.6 Å². The van der Waals surface area contributed by atoms with Gasteiger partial charge in [0, 0.05) is 34.4 Å². The highest BCUT2D eigenvalue weighted by Gasteiger charge is 2.74. The van der Waals surface area contributed by atoms with Crippen molar-refractivity contribution >= 4 is 35.2 Å². The number of nitrogens with one attached hydrogen (secondary N) is 1. The summed E-state index contributed by atoms with van der Waals surface area (Å²) in [7, 11) is 0. The first-order chi connectivity index (χ1) is 26.3. The van der Waals surface area contributed by atoms with Crippen LogP contribution in [-0.2, 0) is 19.1 Å². The van der Waals surface area contributed by atoms with Crippen molar-refractivity contribution in [1.29, 1.82) is 0 Å². The van der Waals surface area contributed by atoms with Gasteiger partial charge >= 0.3 is 11.9 Å². The van der Waals surface area contributed by atoms with Crippen molar-refractivity contribution in [3.8, 4) is 0 Å². The van der Waals surface area contributed by atoms with Crippen LogP contribution in [0.1, 0.15) is 149 Å². The van der Waals surface area contributed by atoms with Crippen molar-refractivity contribution in [3.05, 3.63) is 45.5 Å². The number of aliphatic hydroxyl groups is 1. The number of ether oxygens (including phenoxy) is 1. The van der Waals surface area contributed by atoms with E-state index < -0.39 is 34.7 Å². The molecule has 314 valence electrons. The number of ketones is 1. The smallest absolute Gasteiger partial charge is 0.309 e. The van der Waals surface area contributed by atoms with Gasteiger partial charge in [0.25, 0.3) is 5.91 Å². The molecule has 11 atom stereocenters. The lowest BCUT2D eigenvalue weighted by Gasteiger charge is -2.75. The number of Topliss-reactive ketones (excluding diaryl/α,β-unsaturated/α-hetero) is 1. The number of fused-ring (bicyclic) bond motifs is 7.